The van der Waals surface area contributed by atoms with Gasteiger partial charge in [0.05, 0.1) is 11.7 Å². The molecule has 0 saturated carbocycles. The highest BCUT2D eigenvalue weighted by atomic mass is 32.2. The van der Waals surface area contributed by atoms with Gasteiger partial charge in [0.15, 0.2) is 0 Å². The number of nitrogens with zero attached hydrogens (tertiary/aromatic N) is 5. The fourth-order valence-electron chi connectivity index (χ4n) is 3.03. The summed E-state index contributed by atoms with van der Waals surface area (Å²) >= 11 is 1.85. The van der Waals surface area contributed by atoms with Crippen LogP contribution < -0.4 is 5.32 Å². The van der Waals surface area contributed by atoms with Crippen molar-refractivity contribution in [2.24, 2.45) is 0 Å². The van der Waals surface area contributed by atoms with Crippen molar-refractivity contribution in [1.29, 1.82) is 0 Å². The number of likely N-dealkylation sites (tertiary alicyclic amines) is 1. The Morgan fingerprint density at radius 2 is 2.38 bits per heavy atom. The number of rotatable bonds is 7. The lowest BCUT2D eigenvalue weighted by molar-refractivity contribution is -0.120. The Hall–Kier alpha value is -1.93. The van der Waals surface area contributed by atoms with Gasteiger partial charge >= 0.3 is 0 Å². The smallest absolute Gasteiger partial charge is 0.241 e. The number of anilines is 1. The maximum absolute atomic E-state index is 12.7. The first-order valence-electron chi connectivity index (χ1n) is 8.15. The molecule has 2 aromatic rings. The minimum absolute atomic E-state index is 0.0245. The number of nitrogens with one attached hydrogen (secondary N) is 1. The number of hydrogen-bond donors (Lipinski definition) is 1. The van der Waals surface area contributed by atoms with Crippen molar-refractivity contribution < 1.29 is 4.79 Å². The van der Waals surface area contributed by atoms with E-state index in [-0.39, 0.29) is 11.9 Å². The molecule has 0 aliphatic carbocycles. The van der Waals surface area contributed by atoms with Crippen molar-refractivity contribution in [3.8, 4) is 5.69 Å². The highest BCUT2D eigenvalue weighted by Gasteiger charge is 2.30. The first-order chi connectivity index (χ1) is 11.8. The Kier molecular flexibility index (Phi) is 5.81. The molecule has 1 aliphatic heterocycles. The van der Waals surface area contributed by atoms with Crippen LogP contribution in [0.4, 0.5) is 5.69 Å². The van der Waals surface area contributed by atoms with E-state index in [0.29, 0.717) is 0 Å². The van der Waals surface area contributed by atoms with Crippen LogP contribution >= 0.6 is 11.8 Å². The van der Waals surface area contributed by atoms with Crippen molar-refractivity contribution >= 4 is 23.4 Å². The summed E-state index contributed by atoms with van der Waals surface area (Å²) in [5, 5.41) is 14.2. The van der Waals surface area contributed by atoms with Gasteiger partial charge in [0, 0.05) is 5.69 Å². The van der Waals surface area contributed by atoms with E-state index in [2.05, 4.69) is 32.0 Å². The second-order valence-electron chi connectivity index (χ2n) is 5.83. The standard InChI is InChI=1S/C16H22N6OS/c1-24-10-4-9-21-8-3-7-15(21)16(23)18-13-5-2-6-14(11-13)22-12-17-19-20-22/h2,5-6,11-12,15H,3-4,7-10H2,1H3,(H,18,23)/t15-/m0/s1. The molecular weight excluding hydrogens is 324 g/mol. The Labute approximate surface area is 145 Å². The number of amides is 1. The van der Waals surface area contributed by atoms with E-state index in [1.165, 1.54) is 6.33 Å². The zero-order chi connectivity index (χ0) is 16.8. The van der Waals surface area contributed by atoms with Gasteiger partial charge in [0.1, 0.15) is 6.33 Å². The molecule has 0 spiro atoms. The summed E-state index contributed by atoms with van der Waals surface area (Å²) in [6.45, 7) is 2.00. The molecule has 0 radical (unpaired) electrons. The Morgan fingerprint density at radius 3 is 3.17 bits per heavy atom. The van der Waals surface area contributed by atoms with Crippen molar-refractivity contribution in [2.75, 3.05) is 30.4 Å². The summed E-state index contributed by atoms with van der Waals surface area (Å²) in [6, 6.07) is 7.52. The lowest BCUT2D eigenvalue weighted by Gasteiger charge is -2.23. The van der Waals surface area contributed by atoms with Crippen molar-refractivity contribution in [3.63, 3.8) is 0 Å². The van der Waals surface area contributed by atoms with Gasteiger partial charge in [-0.25, -0.2) is 4.68 Å². The second kappa shape index (κ2) is 8.25. The van der Waals surface area contributed by atoms with Gasteiger partial charge in [-0.15, -0.1) is 5.10 Å². The fourth-order valence-corrected chi connectivity index (χ4v) is 3.45. The quantitative estimate of drug-likeness (QED) is 0.771. The summed E-state index contributed by atoms with van der Waals surface area (Å²) in [6.07, 6.45) is 6.79. The minimum atomic E-state index is -0.0245. The van der Waals surface area contributed by atoms with Crippen LogP contribution in [-0.2, 0) is 4.79 Å². The van der Waals surface area contributed by atoms with Gasteiger partial charge < -0.3 is 5.32 Å². The van der Waals surface area contributed by atoms with E-state index < -0.39 is 0 Å². The molecule has 1 aromatic carbocycles. The van der Waals surface area contributed by atoms with Crippen molar-refractivity contribution in [1.82, 2.24) is 25.1 Å². The van der Waals surface area contributed by atoms with Gasteiger partial charge in [0.25, 0.3) is 0 Å². The first-order valence-corrected chi connectivity index (χ1v) is 9.54. The van der Waals surface area contributed by atoms with E-state index in [4.69, 9.17) is 0 Å². The van der Waals surface area contributed by atoms with Crippen LogP contribution in [-0.4, -0.2) is 62.2 Å². The molecule has 1 aliphatic rings. The third-order valence-electron chi connectivity index (χ3n) is 4.19. The fraction of sp³-hybridized carbons (Fsp3) is 0.500. The number of tetrazole rings is 1. The maximum atomic E-state index is 12.7. The number of carbonyl (C=O) groups is 1. The number of aromatic nitrogens is 4. The number of hydrogen-bond acceptors (Lipinski definition) is 6. The molecule has 1 fully saturated rings. The Balaban J connectivity index is 1.63. The summed E-state index contributed by atoms with van der Waals surface area (Å²) in [5.41, 5.74) is 1.59. The third kappa shape index (κ3) is 4.12. The number of carbonyl (C=O) groups excluding carboxylic acids is 1. The molecule has 128 valence electrons. The van der Waals surface area contributed by atoms with E-state index in [1.807, 2.05) is 36.0 Å². The third-order valence-corrected chi connectivity index (χ3v) is 4.88. The SMILES string of the molecule is CSCCCN1CCC[C@H]1C(=O)Nc1cccc(-n2cnnn2)c1. The molecule has 1 aromatic heterocycles. The number of benzene rings is 1. The van der Waals surface area contributed by atoms with Gasteiger partial charge in [-0.3, -0.25) is 9.69 Å². The van der Waals surface area contributed by atoms with Crippen LogP contribution in [0.15, 0.2) is 30.6 Å². The monoisotopic (exact) mass is 346 g/mol. The van der Waals surface area contributed by atoms with Crippen LogP contribution in [0.25, 0.3) is 5.69 Å². The van der Waals surface area contributed by atoms with Crippen molar-refractivity contribution in [2.45, 2.75) is 25.3 Å². The average molecular weight is 346 g/mol. The molecule has 0 unspecified atom stereocenters. The molecule has 0 bridgehead atoms. The second-order valence-corrected chi connectivity index (χ2v) is 6.82. The largest absolute Gasteiger partial charge is 0.325 e. The van der Waals surface area contributed by atoms with Crippen LogP contribution in [0, 0.1) is 0 Å². The highest BCUT2D eigenvalue weighted by Crippen LogP contribution is 2.20. The summed E-state index contributed by atoms with van der Waals surface area (Å²) in [4.78, 5) is 15.0. The van der Waals surface area contributed by atoms with Crippen LogP contribution in [0.1, 0.15) is 19.3 Å². The summed E-state index contributed by atoms with van der Waals surface area (Å²) < 4.78 is 1.57. The molecule has 3 rings (SSSR count). The average Bonchev–Trinajstić information content (AvgIpc) is 3.27. The Bertz CT molecular complexity index is 662. The maximum Gasteiger partial charge on any atom is 0.241 e. The zero-order valence-corrected chi connectivity index (χ0v) is 14.6. The summed E-state index contributed by atoms with van der Waals surface area (Å²) in [7, 11) is 0. The van der Waals surface area contributed by atoms with E-state index in [9.17, 15) is 4.79 Å². The molecule has 8 heteroatoms. The molecule has 1 atom stereocenters. The zero-order valence-electron chi connectivity index (χ0n) is 13.8. The minimum Gasteiger partial charge on any atom is -0.325 e. The predicted molar refractivity (Wildman–Crippen MR) is 95.4 cm³/mol. The van der Waals surface area contributed by atoms with E-state index in [0.717, 1.165) is 49.5 Å². The topological polar surface area (TPSA) is 75.9 Å². The summed E-state index contributed by atoms with van der Waals surface area (Å²) in [5.74, 6) is 1.21. The number of thioether (sulfide) groups is 1. The van der Waals surface area contributed by atoms with Gasteiger partial charge in [0.2, 0.25) is 5.91 Å². The van der Waals surface area contributed by atoms with Crippen molar-refractivity contribution in [3.05, 3.63) is 30.6 Å². The normalized spacial score (nSPS) is 18.0. The molecule has 2 heterocycles. The highest BCUT2D eigenvalue weighted by molar-refractivity contribution is 7.98. The lowest BCUT2D eigenvalue weighted by Crippen LogP contribution is -2.40. The molecule has 1 N–H and O–H groups in total. The van der Waals surface area contributed by atoms with Crippen LogP contribution in [0.2, 0.25) is 0 Å². The molecule has 7 nitrogen and oxygen atoms in total. The molecule has 1 amide bonds. The van der Waals surface area contributed by atoms with Gasteiger partial charge in [-0.1, -0.05) is 6.07 Å². The molecule has 1 saturated heterocycles. The first kappa shape index (κ1) is 16.9. The van der Waals surface area contributed by atoms with Crippen LogP contribution in [0.3, 0.4) is 0 Å². The molecule has 24 heavy (non-hydrogen) atoms. The van der Waals surface area contributed by atoms with Gasteiger partial charge in [-0.2, -0.15) is 11.8 Å². The predicted octanol–water partition coefficient (Wildman–Crippen LogP) is 1.82. The lowest BCUT2D eigenvalue weighted by atomic mass is 10.2. The Morgan fingerprint density at radius 1 is 1.46 bits per heavy atom. The molecular formula is C16H22N6OS. The van der Waals surface area contributed by atoms with Gasteiger partial charge in [-0.05, 0) is 73.0 Å². The van der Waals surface area contributed by atoms with E-state index >= 15 is 0 Å². The van der Waals surface area contributed by atoms with E-state index in [1.54, 1.807) is 4.68 Å². The van der Waals surface area contributed by atoms with Crippen LogP contribution in [0.5, 0.6) is 0 Å².